The Bertz CT molecular complexity index is 1180. The lowest BCUT2D eigenvalue weighted by atomic mass is 9.96. The zero-order chi connectivity index (χ0) is 24.9. The first-order valence-electron chi connectivity index (χ1n) is 10.7. The van der Waals surface area contributed by atoms with Gasteiger partial charge in [0.1, 0.15) is 24.2 Å². The van der Waals surface area contributed by atoms with E-state index in [0.717, 1.165) is 0 Å². The van der Waals surface area contributed by atoms with Gasteiger partial charge in [-0.15, -0.1) is 0 Å². The average molecular weight is 492 g/mol. The molecule has 0 aliphatic heterocycles. The minimum Gasteiger partial charge on any atom is -0.393 e. The maximum atomic E-state index is 13.1. The Morgan fingerprint density at radius 2 is 2.15 bits per heavy atom. The molecule has 2 aromatic rings. The van der Waals surface area contributed by atoms with Gasteiger partial charge in [0.15, 0.2) is 0 Å². The van der Waals surface area contributed by atoms with Gasteiger partial charge in [0.25, 0.3) is 0 Å². The Hall–Kier alpha value is -2.69. The van der Waals surface area contributed by atoms with Crippen molar-refractivity contribution in [2.75, 3.05) is 13.7 Å². The minimum atomic E-state index is -4.07. The van der Waals surface area contributed by atoms with E-state index in [0.29, 0.717) is 37.1 Å². The first-order valence-corrected chi connectivity index (χ1v) is 12.2. The summed E-state index contributed by atoms with van der Waals surface area (Å²) in [5, 5.41) is 19.5. The monoisotopic (exact) mass is 491 g/mol. The largest absolute Gasteiger partial charge is 0.393 e. The Labute approximate surface area is 198 Å². The number of methoxy groups -OCH3 is 1. The van der Waals surface area contributed by atoms with Crippen molar-refractivity contribution in [2.45, 2.75) is 51.4 Å². The first-order chi connectivity index (χ1) is 16.0. The highest BCUT2D eigenvalue weighted by Gasteiger charge is 2.35. The molecule has 0 spiro atoms. The summed E-state index contributed by atoms with van der Waals surface area (Å²) in [6.07, 6.45) is 5.13. The molecule has 34 heavy (non-hydrogen) atoms. The molecule has 0 amide bonds. The molecule has 184 valence electrons. The van der Waals surface area contributed by atoms with Gasteiger partial charge < -0.3 is 9.84 Å². The van der Waals surface area contributed by atoms with Gasteiger partial charge in [0.2, 0.25) is 5.78 Å². The van der Waals surface area contributed by atoms with Crippen molar-refractivity contribution in [3.05, 3.63) is 41.7 Å². The smallest absolute Gasteiger partial charge is 0.333 e. The normalized spacial score (nSPS) is 20.7. The third kappa shape index (κ3) is 7.15. The second kappa shape index (κ2) is 10.7. The molecule has 2 aromatic heterocycles. The third-order valence-corrected chi connectivity index (χ3v) is 6.20. The van der Waals surface area contributed by atoms with Crippen LogP contribution in [-0.2, 0) is 32.2 Å². The molecule has 3 atom stereocenters. The zero-order valence-corrected chi connectivity index (χ0v) is 20.2. The van der Waals surface area contributed by atoms with E-state index in [-0.39, 0.29) is 29.9 Å². The summed E-state index contributed by atoms with van der Waals surface area (Å²) < 4.78 is 33.5. The van der Waals surface area contributed by atoms with Crippen LogP contribution in [0.15, 0.2) is 24.8 Å². The second-order valence-electron chi connectivity index (χ2n) is 8.77. The van der Waals surface area contributed by atoms with Crippen LogP contribution < -0.4 is 5.14 Å². The number of hydrogen-bond acceptors (Lipinski definition) is 9. The molecule has 12 heteroatoms. The molecule has 1 aliphatic carbocycles. The van der Waals surface area contributed by atoms with Crippen molar-refractivity contribution >= 4 is 16.1 Å². The number of nitrogens with two attached hydrogens (primary N) is 1. The lowest BCUT2D eigenvalue weighted by Gasteiger charge is -2.14. The van der Waals surface area contributed by atoms with Crippen LogP contribution in [0.3, 0.4) is 0 Å². The van der Waals surface area contributed by atoms with Crippen molar-refractivity contribution in [1.29, 1.82) is 0 Å². The summed E-state index contributed by atoms with van der Waals surface area (Å²) in [5.74, 6) is 5.28. The Balaban J connectivity index is 1.68. The van der Waals surface area contributed by atoms with Crippen LogP contribution in [0.1, 0.15) is 48.4 Å². The van der Waals surface area contributed by atoms with E-state index in [1.807, 2.05) is 13.8 Å². The number of nitrogens with zero attached hydrogens (tertiary/aromatic N) is 4. The fourth-order valence-corrected chi connectivity index (χ4v) is 4.18. The third-order valence-electron chi connectivity index (χ3n) is 5.74. The Kier molecular flexibility index (Phi) is 8.17. The van der Waals surface area contributed by atoms with Gasteiger partial charge in [0.05, 0.1) is 24.0 Å². The summed E-state index contributed by atoms with van der Waals surface area (Å²) in [7, 11) is -2.49. The van der Waals surface area contributed by atoms with Crippen molar-refractivity contribution in [1.82, 2.24) is 19.7 Å². The highest BCUT2D eigenvalue weighted by molar-refractivity contribution is 7.84. The van der Waals surface area contributed by atoms with Crippen LogP contribution in [0.2, 0.25) is 0 Å². The molecule has 0 bridgehead atoms. The summed E-state index contributed by atoms with van der Waals surface area (Å²) in [6, 6.07) is 1.61. The van der Waals surface area contributed by atoms with E-state index >= 15 is 0 Å². The molecule has 0 saturated heterocycles. The number of rotatable bonds is 9. The first kappa shape index (κ1) is 25.9. The van der Waals surface area contributed by atoms with Crippen molar-refractivity contribution in [3.8, 4) is 11.8 Å². The van der Waals surface area contributed by atoms with Gasteiger partial charge in [-0.1, -0.05) is 11.8 Å². The lowest BCUT2D eigenvalue weighted by Crippen LogP contribution is -2.24. The standard InChI is InChI=1S/C22H29N5O6S/c1-22(2,32-3)6-4-7-27-8-5-18(26-27)21(29)17-12-24-14-25-19(17)10-15-9-16(20(28)11-15)13-33-34(23,30)31/h5,8,12,14-16,20,28H,7,9-11,13H2,1-3H3,(H2,23,30,31)/t15-,16+,20-/m0/s1. The SMILES string of the molecule is COC(C)(C)C#CCn1ccc(C(=O)c2cncnc2C[C@@H]2C[C@H](COS(N)(=O)=O)[C@@H](O)C2)n1. The van der Waals surface area contributed by atoms with Crippen LogP contribution in [0.5, 0.6) is 0 Å². The number of hydrogen-bond donors (Lipinski definition) is 2. The van der Waals surface area contributed by atoms with Crippen LogP contribution in [0.4, 0.5) is 0 Å². The van der Waals surface area contributed by atoms with E-state index in [4.69, 9.17) is 9.88 Å². The molecule has 0 radical (unpaired) electrons. The van der Waals surface area contributed by atoms with Crippen molar-refractivity contribution in [3.63, 3.8) is 0 Å². The highest BCUT2D eigenvalue weighted by Crippen LogP contribution is 2.34. The molecule has 3 rings (SSSR count). The van der Waals surface area contributed by atoms with E-state index in [2.05, 4.69) is 31.1 Å². The maximum absolute atomic E-state index is 13.1. The molecule has 3 N–H and O–H groups in total. The van der Waals surface area contributed by atoms with Gasteiger partial charge in [-0.3, -0.25) is 13.7 Å². The Morgan fingerprint density at radius 3 is 2.85 bits per heavy atom. The molecule has 1 fully saturated rings. The summed E-state index contributed by atoms with van der Waals surface area (Å²) >= 11 is 0. The quantitative estimate of drug-likeness (QED) is 0.376. The number of aromatic nitrogens is 4. The van der Waals surface area contributed by atoms with Gasteiger partial charge in [-0.2, -0.15) is 13.5 Å². The van der Waals surface area contributed by atoms with Gasteiger partial charge >= 0.3 is 10.3 Å². The predicted octanol–water partition coefficient (Wildman–Crippen LogP) is 0.482. The summed E-state index contributed by atoms with van der Waals surface area (Å²) in [5.41, 5.74) is 0.550. The number of carbonyl (C=O) groups is 1. The number of ether oxygens (including phenoxy) is 1. The molecular formula is C22H29N5O6S. The molecule has 0 unspecified atom stereocenters. The molecule has 1 saturated carbocycles. The topological polar surface area (TPSA) is 160 Å². The summed E-state index contributed by atoms with van der Waals surface area (Å²) in [4.78, 5) is 21.4. The van der Waals surface area contributed by atoms with Gasteiger partial charge in [-0.05, 0) is 45.1 Å². The van der Waals surface area contributed by atoms with Gasteiger partial charge in [0, 0.05) is 25.4 Å². The fraction of sp³-hybridized carbons (Fsp3) is 0.545. The fourth-order valence-electron chi connectivity index (χ4n) is 3.82. The van der Waals surface area contributed by atoms with Crippen LogP contribution in [-0.4, -0.2) is 64.5 Å². The molecule has 0 aromatic carbocycles. The van der Waals surface area contributed by atoms with E-state index in [1.165, 1.54) is 12.5 Å². The predicted molar refractivity (Wildman–Crippen MR) is 122 cm³/mol. The minimum absolute atomic E-state index is 0.0116. The molecular weight excluding hydrogens is 462 g/mol. The van der Waals surface area contributed by atoms with Crippen LogP contribution >= 0.6 is 0 Å². The number of carbonyl (C=O) groups excluding carboxylic acids is 1. The molecule has 11 nitrogen and oxygen atoms in total. The highest BCUT2D eigenvalue weighted by atomic mass is 32.2. The molecule has 2 heterocycles. The van der Waals surface area contributed by atoms with E-state index in [9.17, 15) is 18.3 Å². The van der Waals surface area contributed by atoms with Gasteiger partial charge in [-0.25, -0.2) is 15.1 Å². The molecule has 1 aliphatic rings. The van der Waals surface area contributed by atoms with Crippen molar-refractivity contribution in [2.24, 2.45) is 17.0 Å². The number of aliphatic hydroxyl groups excluding tert-OH is 1. The van der Waals surface area contributed by atoms with Crippen molar-refractivity contribution < 1.29 is 27.2 Å². The Morgan fingerprint density at radius 1 is 1.38 bits per heavy atom. The second-order valence-corrected chi connectivity index (χ2v) is 9.99. The van der Waals surface area contributed by atoms with Crippen LogP contribution in [0.25, 0.3) is 0 Å². The van der Waals surface area contributed by atoms with E-state index in [1.54, 1.807) is 24.1 Å². The lowest BCUT2D eigenvalue weighted by molar-refractivity contribution is 0.0740. The zero-order valence-electron chi connectivity index (χ0n) is 19.3. The van der Waals surface area contributed by atoms with Crippen LogP contribution in [0, 0.1) is 23.7 Å². The summed E-state index contributed by atoms with van der Waals surface area (Å²) in [6.45, 7) is 3.83. The number of ketones is 1. The number of aliphatic hydroxyl groups is 1. The average Bonchev–Trinajstić information content (AvgIpc) is 3.38. The van der Waals surface area contributed by atoms with E-state index < -0.39 is 22.0 Å². The maximum Gasteiger partial charge on any atom is 0.333 e.